The van der Waals surface area contributed by atoms with Gasteiger partial charge < -0.3 is 10.0 Å². The highest BCUT2D eigenvalue weighted by Crippen LogP contribution is 2.45. The maximum Gasteiger partial charge on any atom is 0.188 e. The summed E-state index contributed by atoms with van der Waals surface area (Å²) < 4.78 is 0. The molecule has 0 amide bonds. The average molecular weight is 311 g/mol. The van der Waals surface area contributed by atoms with E-state index in [9.17, 15) is 9.90 Å². The molecule has 0 aliphatic carbocycles. The van der Waals surface area contributed by atoms with Crippen molar-refractivity contribution in [3.8, 4) is 0 Å². The number of aliphatic hydroxyl groups is 1. The number of carbonyl (C=O) groups excluding carboxylic acids is 1. The number of fused-ring (bicyclic) bond motifs is 1. The summed E-state index contributed by atoms with van der Waals surface area (Å²) in [6.45, 7) is 2.02. The van der Waals surface area contributed by atoms with E-state index in [2.05, 4.69) is 0 Å². The molecule has 112 valence electrons. The van der Waals surface area contributed by atoms with E-state index in [-0.39, 0.29) is 12.4 Å². The van der Waals surface area contributed by atoms with Crippen LogP contribution in [0.5, 0.6) is 0 Å². The van der Waals surface area contributed by atoms with Crippen molar-refractivity contribution in [2.24, 2.45) is 0 Å². The molecule has 0 radical (unpaired) electrons. The normalized spacial score (nSPS) is 15.2. The van der Waals surface area contributed by atoms with E-state index in [4.69, 9.17) is 0 Å². The van der Waals surface area contributed by atoms with Crippen molar-refractivity contribution in [1.29, 1.82) is 0 Å². The zero-order chi connectivity index (χ0) is 15.7. The predicted octanol–water partition coefficient (Wildman–Crippen LogP) is 3.75. The Bertz CT molecular complexity index is 750. The number of nitrogens with zero attached hydrogens (tertiary/aromatic N) is 1. The molecule has 3 rings (SSSR count). The van der Waals surface area contributed by atoms with Crippen LogP contribution in [0.4, 0.5) is 5.69 Å². The van der Waals surface area contributed by atoms with Crippen LogP contribution < -0.4 is 4.90 Å². The lowest BCUT2D eigenvalue weighted by molar-refractivity contribution is 0.104. The van der Waals surface area contributed by atoms with E-state index >= 15 is 0 Å². The van der Waals surface area contributed by atoms with Crippen molar-refractivity contribution in [2.75, 3.05) is 11.9 Å². The molecule has 0 aromatic heterocycles. The number of rotatable bonds is 3. The molecule has 1 heterocycles. The van der Waals surface area contributed by atoms with Crippen molar-refractivity contribution in [3.63, 3.8) is 0 Å². The highest BCUT2D eigenvalue weighted by Gasteiger charge is 2.23. The summed E-state index contributed by atoms with van der Waals surface area (Å²) in [6, 6.07) is 13.4. The summed E-state index contributed by atoms with van der Waals surface area (Å²) in [6.07, 6.45) is 1.67. The first-order chi connectivity index (χ1) is 10.6. The summed E-state index contributed by atoms with van der Waals surface area (Å²) in [5.74, 6) is 0.00420. The molecule has 2 aromatic rings. The molecular formula is C18H17NO2S. The van der Waals surface area contributed by atoms with Gasteiger partial charge in [0.05, 0.1) is 17.3 Å². The SMILES string of the molecule is Cc1ccc(C(=O)/C=C2/Sc3ccc(CO)cc3N2C)cc1. The number of hydrogen-bond donors (Lipinski definition) is 1. The minimum absolute atomic E-state index is 0.00420. The topological polar surface area (TPSA) is 40.5 Å². The van der Waals surface area contributed by atoms with Crippen LogP contribution in [0.25, 0.3) is 0 Å². The number of thioether (sulfide) groups is 1. The molecule has 1 aliphatic rings. The second-order valence-electron chi connectivity index (χ2n) is 5.33. The lowest BCUT2D eigenvalue weighted by Gasteiger charge is -2.13. The van der Waals surface area contributed by atoms with Crippen LogP contribution in [-0.2, 0) is 6.61 Å². The Labute approximate surface area is 134 Å². The van der Waals surface area contributed by atoms with E-state index in [0.29, 0.717) is 5.56 Å². The zero-order valence-electron chi connectivity index (χ0n) is 12.5. The molecule has 22 heavy (non-hydrogen) atoms. The zero-order valence-corrected chi connectivity index (χ0v) is 13.4. The molecule has 0 atom stereocenters. The molecule has 2 aromatic carbocycles. The fraction of sp³-hybridized carbons (Fsp3) is 0.167. The number of aliphatic hydroxyl groups excluding tert-OH is 1. The summed E-state index contributed by atoms with van der Waals surface area (Å²) in [4.78, 5) is 15.5. The van der Waals surface area contributed by atoms with Crippen LogP contribution in [0.15, 0.2) is 58.5 Å². The second-order valence-corrected chi connectivity index (χ2v) is 6.40. The van der Waals surface area contributed by atoms with Gasteiger partial charge in [-0.15, -0.1) is 0 Å². The summed E-state index contributed by atoms with van der Waals surface area (Å²) in [5, 5.41) is 10.1. The van der Waals surface area contributed by atoms with Crippen LogP contribution in [-0.4, -0.2) is 17.9 Å². The molecule has 0 spiro atoms. The number of aryl methyl sites for hydroxylation is 1. The van der Waals surface area contributed by atoms with Crippen molar-refractivity contribution in [1.82, 2.24) is 0 Å². The number of benzene rings is 2. The first-order valence-corrected chi connectivity index (χ1v) is 7.88. The smallest absolute Gasteiger partial charge is 0.188 e. The Kier molecular flexibility index (Phi) is 4.05. The highest BCUT2D eigenvalue weighted by atomic mass is 32.2. The monoisotopic (exact) mass is 311 g/mol. The van der Waals surface area contributed by atoms with Gasteiger partial charge in [-0.25, -0.2) is 0 Å². The van der Waals surface area contributed by atoms with Gasteiger partial charge >= 0.3 is 0 Å². The van der Waals surface area contributed by atoms with Crippen molar-refractivity contribution >= 4 is 23.2 Å². The van der Waals surface area contributed by atoms with Crippen LogP contribution in [0.1, 0.15) is 21.5 Å². The lowest BCUT2D eigenvalue weighted by Crippen LogP contribution is -2.11. The van der Waals surface area contributed by atoms with Crippen LogP contribution in [0.3, 0.4) is 0 Å². The maximum atomic E-state index is 12.4. The van der Waals surface area contributed by atoms with Gasteiger partial charge in [0.25, 0.3) is 0 Å². The molecule has 0 bridgehead atoms. The van der Waals surface area contributed by atoms with Gasteiger partial charge in [-0.1, -0.05) is 47.7 Å². The van der Waals surface area contributed by atoms with Crippen molar-refractivity contribution in [3.05, 3.63) is 70.3 Å². The third kappa shape index (κ3) is 2.80. The average Bonchev–Trinajstić information content (AvgIpc) is 2.83. The molecule has 0 saturated carbocycles. The summed E-state index contributed by atoms with van der Waals surface area (Å²) in [7, 11) is 1.94. The van der Waals surface area contributed by atoms with Gasteiger partial charge in [-0.3, -0.25) is 4.79 Å². The van der Waals surface area contributed by atoms with Gasteiger partial charge in [0.1, 0.15) is 0 Å². The van der Waals surface area contributed by atoms with E-state index in [0.717, 1.165) is 26.7 Å². The van der Waals surface area contributed by atoms with Gasteiger partial charge in [0, 0.05) is 23.6 Å². The maximum absolute atomic E-state index is 12.4. The molecule has 0 saturated heterocycles. The molecular weight excluding hydrogens is 294 g/mol. The molecule has 0 fully saturated rings. The largest absolute Gasteiger partial charge is 0.392 e. The lowest BCUT2D eigenvalue weighted by atomic mass is 10.1. The summed E-state index contributed by atoms with van der Waals surface area (Å²) in [5.41, 5.74) is 3.73. The van der Waals surface area contributed by atoms with Crippen LogP contribution in [0, 0.1) is 6.92 Å². The Morgan fingerprint density at radius 1 is 1.23 bits per heavy atom. The first kappa shape index (κ1) is 14.9. The number of ketones is 1. The Morgan fingerprint density at radius 2 is 1.95 bits per heavy atom. The van der Waals surface area contributed by atoms with Gasteiger partial charge in [0.15, 0.2) is 5.78 Å². The Morgan fingerprint density at radius 3 is 2.64 bits per heavy atom. The molecule has 1 N–H and O–H groups in total. The van der Waals surface area contributed by atoms with Crippen molar-refractivity contribution < 1.29 is 9.90 Å². The third-order valence-electron chi connectivity index (χ3n) is 3.70. The molecule has 1 aliphatic heterocycles. The highest BCUT2D eigenvalue weighted by molar-refractivity contribution is 8.03. The third-order valence-corrected chi connectivity index (χ3v) is 4.87. The second kappa shape index (κ2) is 5.99. The van der Waals surface area contributed by atoms with E-state index in [1.165, 1.54) is 0 Å². The molecule has 4 heteroatoms. The van der Waals surface area contributed by atoms with Crippen molar-refractivity contribution in [2.45, 2.75) is 18.4 Å². The molecule has 3 nitrogen and oxygen atoms in total. The minimum Gasteiger partial charge on any atom is -0.392 e. The van der Waals surface area contributed by atoms with Crippen LogP contribution >= 0.6 is 11.8 Å². The predicted molar refractivity (Wildman–Crippen MR) is 90.2 cm³/mol. The van der Waals surface area contributed by atoms with Gasteiger partial charge in [-0.05, 0) is 24.6 Å². The fourth-order valence-corrected chi connectivity index (χ4v) is 3.41. The number of hydrogen-bond acceptors (Lipinski definition) is 4. The number of allylic oxidation sites excluding steroid dienone is 1. The number of anilines is 1. The van der Waals surface area contributed by atoms with Gasteiger partial charge in [0.2, 0.25) is 0 Å². The minimum atomic E-state index is 0.00420. The number of carbonyl (C=O) groups is 1. The van der Waals surface area contributed by atoms with Crippen LogP contribution in [0.2, 0.25) is 0 Å². The Balaban J connectivity index is 1.87. The van der Waals surface area contributed by atoms with E-state index in [1.807, 2.05) is 61.3 Å². The first-order valence-electron chi connectivity index (χ1n) is 7.06. The summed E-state index contributed by atoms with van der Waals surface area (Å²) >= 11 is 1.57. The quantitative estimate of drug-likeness (QED) is 0.692. The fourth-order valence-electron chi connectivity index (χ4n) is 2.35. The van der Waals surface area contributed by atoms with E-state index < -0.39 is 0 Å². The Hall–Kier alpha value is -2.04. The standard InChI is InChI=1S/C18H17NO2S/c1-12-3-6-14(7-4-12)16(21)10-18-19(2)15-9-13(11-20)5-8-17(15)22-18/h3-10,20H,11H2,1-2H3/b18-10+. The van der Waals surface area contributed by atoms with Gasteiger partial charge in [-0.2, -0.15) is 0 Å². The van der Waals surface area contributed by atoms with E-state index in [1.54, 1.807) is 17.8 Å². The molecule has 0 unspecified atom stereocenters.